The summed E-state index contributed by atoms with van der Waals surface area (Å²) in [5, 5.41) is 11.7. The number of nitrogen functional groups attached to an aromatic ring is 1. The van der Waals surface area contributed by atoms with Crippen molar-refractivity contribution >= 4 is 5.69 Å². The standard InChI is InChI=1S/C13H18FN5/c1-8(2)9(3)7-19-13(16-17-18-19)11-5-4-10(14)6-12(11)15/h4-6,8-9H,7,15H2,1-3H3. The van der Waals surface area contributed by atoms with Crippen LogP contribution in [0.1, 0.15) is 20.8 Å². The van der Waals surface area contributed by atoms with Gasteiger partial charge < -0.3 is 5.73 Å². The fourth-order valence-electron chi connectivity index (χ4n) is 1.74. The Morgan fingerprint density at radius 3 is 2.68 bits per heavy atom. The number of hydrogen-bond donors (Lipinski definition) is 1. The van der Waals surface area contributed by atoms with E-state index in [1.807, 2.05) is 0 Å². The van der Waals surface area contributed by atoms with Gasteiger partial charge in [0.2, 0.25) is 0 Å². The lowest BCUT2D eigenvalue weighted by Gasteiger charge is -2.16. The predicted molar refractivity (Wildman–Crippen MR) is 71.6 cm³/mol. The molecule has 5 nitrogen and oxygen atoms in total. The molecule has 1 unspecified atom stereocenters. The Morgan fingerprint density at radius 1 is 1.32 bits per heavy atom. The average Bonchev–Trinajstić information content (AvgIpc) is 2.77. The van der Waals surface area contributed by atoms with E-state index in [1.165, 1.54) is 12.1 Å². The summed E-state index contributed by atoms with van der Waals surface area (Å²) in [7, 11) is 0. The van der Waals surface area contributed by atoms with Crippen LogP contribution in [0.3, 0.4) is 0 Å². The van der Waals surface area contributed by atoms with E-state index in [2.05, 4.69) is 36.3 Å². The highest BCUT2D eigenvalue weighted by Gasteiger charge is 2.16. The van der Waals surface area contributed by atoms with Crippen LogP contribution in [0.4, 0.5) is 10.1 Å². The Labute approximate surface area is 111 Å². The number of nitrogens with zero attached hydrogens (tertiary/aromatic N) is 4. The van der Waals surface area contributed by atoms with Gasteiger partial charge in [0.25, 0.3) is 0 Å². The summed E-state index contributed by atoms with van der Waals surface area (Å²) in [5.41, 5.74) is 6.82. The number of halogens is 1. The molecule has 19 heavy (non-hydrogen) atoms. The molecule has 0 spiro atoms. The zero-order chi connectivity index (χ0) is 14.0. The molecule has 6 heteroatoms. The van der Waals surface area contributed by atoms with E-state index in [0.29, 0.717) is 35.5 Å². The van der Waals surface area contributed by atoms with E-state index in [4.69, 9.17) is 5.73 Å². The number of anilines is 1. The first-order chi connectivity index (χ1) is 8.99. The number of benzene rings is 1. The maximum Gasteiger partial charge on any atom is 0.184 e. The lowest BCUT2D eigenvalue weighted by Crippen LogP contribution is -2.15. The summed E-state index contributed by atoms with van der Waals surface area (Å²) >= 11 is 0. The summed E-state index contributed by atoms with van der Waals surface area (Å²) in [5.74, 6) is 1.17. The monoisotopic (exact) mass is 263 g/mol. The third kappa shape index (κ3) is 2.89. The minimum absolute atomic E-state index is 0.341. The van der Waals surface area contributed by atoms with Gasteiger partial charge in [-0.05, 0) is 40.5 Å². The maximum absolute atomic E-state index is 13.1. The molecule has 2 N–H and O–H groups in total. The quantitative estimate of drug-likeness (QED) is 0.860. The van der Waals surface area contributed by atoms with E-state index in [9.17, 15) is 4.39 Å². The highest BCUT2D eigenvalue weighted by molar-refractivity contribution is 5.71. The topological polar surface area (TPSA) is 69.6 Å². The summed E-state index contributed by atoms with van der Waals surface area (Å²) in [6.45, 7) is 7.16. The van der Waals surface area contributed by atoms with Crippen molar-refractivity contribution in [3.63, 3.8) is 0 Å². The Kier molecular flexibility index (Phi) is 3.78. The highest BCUT2D eigenvalue weighted by Crippen LogP contribution is 2.25. The maximum atomic E-state index is 13.1. The minimum Gasteiger partial charge on any atom is -0.398 e. The molecule has 2 rings (SSSR count). The molecule has 0 saturated heterocycles. The fraction of sp³-hybridized carbons (Fsp3) is 0.462. The SMILES string of the molecule is CC(C)C(C)Cn1nnnc1-c1ccc(F)cc1N. The molecule has 1 aromatic carbocycles. The number of hydrogen-bond acceptors (Lipinski definition) is 4. The number of rotatable bonds is 4. The van der Waals surface area contributed by atoms with Crippen LogP contribution in [0.25, 0.3) is 11.4 Å². The first kappa shape index (κ1) is 13.5. The lowest BCUT2D eigenvalue weighted by atomic mass is 9.98. The molecule has 1 atom stereocenters. The van der Waals surface area contributed by atoms with Crippen molar-refractivity contribution in [2.45, 2.75) is 27.3 Å². The van der Waals surface area contributed by atoms with Crippen molar-refractivity contribution in [3.05, 3.63) is 24.0 Å². The zero-order valence-electron chi connectivity index (χ0n) is 11.3. The first-order valence-corrected chi connectivity index (χ1v) is 6.30. The van der Waals surface area contributed by atoms with Gasteiger partial charge in [0, 0.05) is 17.8 Å². The van der Waals surface area contributed by atoms with Gasteiger partial charge in [-0.1, -0.05) is 20.8 Å². The van der Waals surface area contributed by atoms with Crippen molar-refractivity contribution in [1.29, 1.82) is 0 Å². The largest absolute Gasteiger partial charge is 0.398 e. The van der Waals surface area contributed by atoms with Crippen LogP contribution in [0.5, 0.6) is 0 Å². The van der Waals surface area contributed by atoms with Crippen molar-refractivity contribution in [1.82, 2.24) is 20.2 Å². The molecule has 0 bridgehead atoms. The van der Waals surface area contributed by atoms with E-state index in [0.717, 1.165) is 0 Å². The predicted octanol–water partition coefficient (Wildman–Crippen LogP) is 2.35. The Balaban J connectivity index is 2.33. The summed E-state index contributed by atoms with van der Waals surface area (Å²) < 4.78 is 14.8. The van der Waals surface area contributed by atoms with E-state index >= 15 is 0 Å². The molecular weight excluding hydrogens is 245 g/mol. The van der Waals surface area contributed by atoms with Gasteiger partial charge >= 0.3 is 0 Å². The summed E-state index contributed by atoms with van der Waals surface area (Å²) in [4.78, 5) is 0. The van der Waals surface area contributed by atoms with E-state index in [-0.39, 0.29) is 5.82 Å². The molecule has 0 aliphatic rings. The van der Waals surface area contributed by atoms with Gasteiger partial charge in [-0.3, -0.25) is 0 Å². The molecule has 0 fully saturated rings. The third-order valence-electron chi connectivity index (χ3n) is 3.39. The van der Waals surface area contributed by atoms with Crippen LogP contribution in [0, 0.1) is 17.7 Å². The molecule has 2 aromatic rings. The van der Waals surface area contributed by atoms with Crippen LogP contribution in [0.15, 0.2) is 18.2 Å². The molecule has 102 valence electrons. The number of nitrogens with two attached hydrogens (primary N) is 1. The van der Waals surface area contributed by atoms with Crippen LogP contribution in [-0.2, 0) is 6.54 Å². The molecule has 1 heterocycles. The summed E-state index contributed by atoms with van der Waals surface area (Å²) in [6, 6.07) is 4.24. The number of aromatic nitrogens is 4. The van der Waals surface area contributed by atoms with Gasteiger partial charge in [0.1, 0.15) is 5.82 Å². The normalized spacial score (nSPS) is 12.9. The third-order valence-corrected chi connectivity index (χ3v) is 3.39. The smallest absolute Gasteiger partial charge is 0.184 e. The molecule has 0 radical (unpaired) electrons. The van der Waals surface area contributed by atoms with Crippen LogP contribution in [-0.4, -0.2) is 20.2 Å². The molecule has 0 aliphatic carbocycles. The number of tetrazole rings is 1. The van der Waals surface area contributed by atoms with Crippen LogP contribution < -0.4 is 5.73 Å². The molecule has 0 aliphatic heterocycles. The Hall–Kier alpha value is -1.98. The van der Waals surface area contributed by atoms with Gasteiger partial charge in [-0.25, -0.2) is 9.07 Å². The van der Waals surface area contributed by atoms with Crippen molar-refractivity contribution in [2.24, 2.45) is 11.8 Å². The fourth-order valence-corrected chi connectivity index (χ4v) is 1.74. The summed E-state index contributed by atoms with van der Waals surface area (Å²) in [6.07, 6.45) is 0. The second-order valence-corrected chi connectivity index (χ2v) is 5.14. The average molecular weight is 263 g/mol. The Morgan fingerprint density at radius 2 is 2.05 bits per heavy atom. The van der Waals surface area contributed by atoms with Crippen LogP contribution >= 0.6 is 0 Å². The van der Waals surface area contributed by atoms with E-state index in [1.54, 1.807) is 10.7 Å². The van der Waals surface area contributed by atoms with Crippen molar-refractivity contribution in [2.75, 3.05) is 5.73 Å². The first-order valence-electron chi connectivity index (χ1n) is 6.30. The molecule has 0 saturated carbocycles. The van der Waals surface area contributed by atoms with Crippen molar-refractivity contribution < 1.29 is 4.39 Å². The van der Waals surface area contributed by atoms with Gasteiger partial charge in [0.15, 0.2) is 5.82 Å². The van der Waals surface area contributed by atoms with Crippen molar-refractivity contribution in [3.8, 4) is 11.4 Å². The van der Waals surface area contributed by atoms with Gasteiger partial charge in [0.05, 0.1) is 0 Å². The molecule has 0 amide bonds. The minimum atomic E-state index is -0.365. The van der Waals surface area contributed by atoms with Crippen LogP contribution in [0.2, 0.25) is 0 Å². The molecule has 1 aromatic heterocycles. The molecular formula is C13H18FN5. The van der Waals surface area contributed by atoms with Gasteiger partial charge in [-0.15, -0.1) is 5.10 Å². The zero-order valence-corrected chi connectivity index (χ0v) is 11.3. The Bertz CT molecular complexity index is 564. The highest BCUT2D eigenvalue weighted by atomic mass is 19.1. The second kappa shape index (κ2) is 5.34. The second-order valence-electron chi connectivity index (χ2n) is 5.14. The van der Waals surface area contributed by atoms with E-state index < -0.39 is 0 Å². The van der Waals surface area contributed by atoms with Gasteiger partial charge in [-0.2, -0.15) is 0 Å². The lowest BCUT2D eigenvalue weighted by molar-refractivity contribution is 0.347.